The van der Waals surface area contributed by atoms with Crippen molar-refractivity contribution in [3.63, 3.8) is 0 Å². The van der Waals surface area contributed by atoms with Crippen LogP contribution in [0, 0.1) is 0 Å². The highest BCUT2D eigenvalue weighted by atomic mass is 16.6. The van der Waals surface area contributed by atoms with Gasteiger partial charge in [-0.25, -0.2) is 4.79 Å². The SMILES string of the molecule is CNC(=O)c1cccc(NC(=O)COC(=O)COc2ccc(C(C)(C)C)cc2)c1. The zero-order valence-corrected chi connectivity index (χ0v) is 17.1. The number of esters is 1. The smallest absolute Gasteiger partial charge is 0.344 e. The van der Waals surface area contributed by atoms with E-state index in [0.29, 0.717) is 17.0 Å². The van der Waals surface area contributed by atoms with Gasteiger partial charge in [-0.05, 0) is 41.3 Å². The lowest BCUT2D eigenvalue weighted by atomic mass is 9.87. The lowest BCUT2D eigenvalue weighted by Crippen LogP contribution is -2.24. The highest BCUT2D eigenvalue weighted by Gasteiger charge is 2.14. The van der Waals surface area contributed by atoms with Gasteiger partial charge in [0, 0.05) is 18.3 Å². The first-order chi connectivity index (χ1) is 13.7. The zero-order valence-electron chi connectivity index (χ0n) is 17.1. The molecule has 0 spiro atoms. The fourth-order valence-electron chi connectivity index (χ4n) is 2.46. The number of anilines is 1. The van der Waals surface area contributed by atoms with Gasteiger partial charge in [0.1, 0.15) is 5.75 Å². The van der Waals surface area contributed by atoms with Gasteiger partial charge >= 0.3 is 5.97 Å². The van der Waals surface area contributed by atoms with Crippen molar-refractivity contribution >= 4 is 23.5 Å². The highest BCUT2D eigenvalue weighted by Crippen LogP contribution is 2.24. The minimum Gasteiger partial charge on any atom is -0.482 e. The van der Waals surface area contributed by atoms with Gasteiger partial charge in [0.15, 0.2) is 13.2 Å². The molecule has 2 aromatic carbocycles. The van der Waals surface area contributed by atoms with Crippen molar-refractivity contribution in [2.24, 2.45) is 0 Å². The van der Waals surface area contributed by atoms with Crippen molar-refractivity contribution in [1.29, 1.82) is 0 Å². The summed E-state index contributed by atoms with van der Waals surface area (Å²) in [5, 5.41) is 5.08. The molecule has 0 aliphatic rings. The molecule has 2 aromatic rings. The van der Waals surface area contributed by atoms with E-state index < -0.39 is 18.5 Å². The molecule has 0 aliphatic carbocycles. The largest absolute Gasteiger partial charge is 0.482 e. The second kappa shape index (κ2) is 9.73. The Balaban J connectivity index is 1.77. The zero-order chi connectivity index (χ0) is 21.4. The van der Waals surface area contributed by atoms with Crippen LogP contribution in [0.25, 0.3) is 0 Å². The van der Waals surface area contributed by atoms with Gasteiger partial charge in [0.05, 0.1) is 0 Å². The molecule has 154 valence electrons. The van der Waals surface area contributed by atoms with Crippen molar-refractivity contribution < 1.29 is 23.9 Å². The van der Waals surface area contributed by atoms with Gasteiger partial charge in [-0.15, -0.1) is 0 Å². The Morgan fingerprint density at radius 2 is 1.66 bits per heavy atom. The maximum atomic E-state index is 11.9. The van der Waals surface area contributed by atoms with Crippen LogP contribution in [0.15, 0.2) is 48.5 Å². The summed E-state index contributed by atoms with van der Waals surface area (Å²) in [5.74, 6) is -0.883. The predicted octanol–water partition coefficient (Wildman–Crippen LogP) is 2.90. The molecule has 0 saturated carbocycles. The molecule has 0 atom stereocenters. The number of benzene rings is 2. The van der Waals surface area contributed by atoms with Crippen LogP contribution < -0.4 is 15.4 Å². The van der Waals surface area contributed by atoms with Crippen LogP contribution >= 0.6 is 0 Å². The number of nitrogens with one attached hydrogen (secondary N) is 2. The van der Waals surface area contributed by atoms with Crippen LogP contribution in [-0.4, -0.2) is 38.0 Å². The monoisotopic (exact) mass is 398 g/mol. The first-order valence-corrected chi connectivity index (χ1v) is 9.20. The first-order valence-electron chi connectivity index (χ1n) is 9.20. The van der Waals surface area contributed by atoms with Crippen molar-refractivity contribution in [3.05, 3.63) is 59.7 Å². The molecule has 7 heteroatoms. The molecular formula is C22H26N2O5. The van der Waals surface area contributed by atoms with Crippen LogP contribution in [-0.2, 0) is 19.7 Å². The molecule has 29 heavy (non-hydrogen) atoms. The molecule has 0 heterocycles. The molecule has 0 aliphatic heterocycles. The third kappa shape index (κ3) is 6.95. The fraction of sp³-hybridized carbons (Fsp3) is 0.318. The lowest BCUT2D eigenvalue weighted by Gasteiger charge is -2.19. The second-order valence-corrected chi connectivity index (χ2v) is 7.43. The number of ether oxygens (including phenoxy) is 2. The molecule has 0 saturated heterocycles. The van der Waals surface area contributed by atoms with E-state index in [1.54, 1.807) is 30.3 Å². The van der Waals surface area contributed by atoms with E-state index in [1.165, 1.54) is 13.1 Å². The van der Waals surface area contributed by atoms with E-state index in [4.69, 9.17) is 9.47 Å². The summed E-state index contributed by atoms with van der Waals surface area (Å²) >= 11 is 0. The Kier molecular flexibility index (Phi) is 7.36. The van der Waals surface area contributed by atoms with Crippen molar-refractivity contribution in [2.75, 3.05) is 25.6 Å². The summed E-state index contributed by atoms with van der Waals surface area (Å²) < 4.78 is 10.3. The molecule has 0 fully saturated rings. The van der Waals surface area contributed by atoms with Gasteiger partial charge in [-0.3, -0.25) is 9.59 Å². The van der Waals surface area contributed by atoms with Gasteiger partial charge in [-0.2, -0.15) is 0 Å². The van der Waals surface area contributed by atoms with Gasteiger partial charge in [0.2, 0.25) is 0 Å². The number of hydrogen-bond acceptors (Lipinski definition) is 5. The third-order valence-corrected chi connectivity index (χ3v) is 4.08. The summed E-state index contributed by atoms with van der Waals surface area (Å²) in [6.45, 7) is 5.59. The van der Waals surface area contributed by atoms with Crippen molar-refractivity contribution in [2.45, 2.75) is 26.2 Å². The Bertz CT molecular complexity index is 870. The summed E-state index contributed by atoms with van der Waals surface area (Å²) in [6.07, 6.45) is 0. The standard InChI is InChI=1S/C22H26N2O5/c1-22(2,3)16-8-10-18(11-9-16)28-14-20(26)29-13-19(25)24-17-7-5-6-15(12-17)21(27)23-4/h5-12H,13-14H2,1-4H3,(H,23,27)(H,24,25). The van der Waals surface area contributed by atoms with Crippen LogP contribution in [0.3, 0.4) is 0 Å². The number of hydrogen-bond donors (Lipinski definition) is 2. The van der Waals surface area contributed by atoms with Crippen LogP contribution in [0.1, 0.15) is 36.7 Å². The fourth-order valence-corrected chi connectivity index (χ4v) is 2.46. The molecular weight excluding hydrogens is 372 g/mol. The van der Waals surface area contributed by atoms with E-state index >= 15 is 0 Å². The van der Waals surface area contributed by atoms with Crippen molar-refractivity contribution in [1.82, 2.24) is 5.32 Å². The van der Waals surface area contributed by atoms with Crippen molar-refractivity contribution in [3.8, 4) is 5.75 Å². The Labute approximate surface area is 170 Å². The minimum absolute atomic E-state index is 0.0324. The topological polar surface area (TPSA) is 93.7 Å². The average Bonchev–Trinajstić information content (AvgIpc) is 2.70. The van der Waals surface area contributed by atoms with E-state index in [0.717, 1.165) is 5.56 Å². The summed E-state index contributed by atoms with van der Waals surface area (Å²) in [6, 6.07) is 13.9. The molecule has 0 unspecified atom stereocenters. The maximum absolute atomic E-state index is 11.9. The molecule has 0 bridgehead atoms. The minimum atomic E-state index is -0.654. The average molecular weight is 398 g/mol. The number of amides is 2. The summed E-state index contributed by atoms with van der Waals surface area (Å²) in [5.41, 5.74) is 2.03. The second-order valence-electron chi connectivity index (χ2n) is 7.43. The molecule has 2 N–H and O–H groups in total. The Morgan fingerprint density at radius 3 is 2.28 bits per heavy atom. The first kappa shape index (κ1) is 21.9. The third-order valence-electron chi connectivity index (χ3n) is 4.08. The Hall–Kier alpha value is -3.35. The summed E-state index contributed by atoms with van der Waals surface area (Å²) in [4.78, 5) is 35.4. The van der Waals surface area contributed by atoms with Crippen LogP contribution in [0.5, 0.6) is 5.75 Å². The predicted molar refractivity (Wildman–Crippen MR) is 110 cm³/mol. The number of rotatable bonds is 7. The molecule has 0 radical (unpaired) electrons. The number of carbonyl (C=O) groups is 3. The lowest BCUT2D eigenvalue weighted by molar-refractivity contribution is -0.149. The molecule has 7 nitrogen and oxygen atoms in total. The maximum Gasteiger partial charge on any atom is 0.344 e. The molecule has 2 amide bonds. The molecule has 2 rings (SSSR count). The van der Waals surface area contributed by atoms with Gasteiger partial charge < -0.3 is 20.1 Å². The van der Waals surface area contributed by atoms with Crippen LogP contribution in [0.2, 0.25) is 0 Å². The summed E-state index contributed by atoms with van der Waals surface area (Å²) in [7, 11) is 1.52. The quantitative estimate of drug-likeness (QED) is 0.700. The highest BCUT2D eigenvalue weighted by molar-refractivity contribution is 5.97. The molecule has 0 aromatic heterocycles. The number of carbonyl (C=O) groups excluding carboxylic acids is 3. The van der Waals surface area contributed by atoms with E-state index in [2.05, 4.69) is 31.4 Å². The van der Waals surface area contributed by atoms with Gasteiger partial charge in [-0.1, -0.05) is 39.0 Å². The normalized spacial score (nSPS) is 10.8. The van der Waals surface area contributed by atoms with Gasteiger partial charge in [0.25, 0.3) is 11.8 Å². The van der Waals surface area contributed by atoms with E-state index in [1.807, 2.05) is 12.1 Å². The van der Waals surface area contributed by atoms with Crippen LogP contribution in [0.4, 0.5) is 5.69 Å². The van der Waals surface area contributed by atoms with E-state index in [-0.39, 0.29) is 17.9 Å². The van der Waals surface area contributed by atoms with E-state index in [9.17, 15) is 14.4 Å². The Morgan fingerprint density at radius 1 is 0.966 bits per heavy atom.